The number of benzene rings is 2. The first-order valence-electron chi connectivity index (χ1n) is 8.87. The van der Waals surface area contributed by atoms with Crippen LogP contribution in [-0.2, 0) is 11.0 Å². The summed E-state index contributed by atoms with van der Waals surface area (Å²) in [5, 5.41) is 5.75. The van der Waals surface area contributed by atoms with E-state index in [1.165, 1.54) is 6.07 Å². The molecule has 2 rings (SSSR count). The SMILES string of the molecule is CC(C)C(Nc1ccc(C(F)(F)F)cc1Cl)C(=O)NCCSc1ccc(Br)cc1. The lowest BCUT2D eigenvalue weighted by Crippen LogP contribution is -2.43. The van der Waals surface area contributed by atoms with Crippen molar-refractivity contribution in [1.82, 2.24) is 5.32 Å². The van der Waals surface area contributed by atoms with Crippen LogP contribution in [-0.4, -0.2) is 24.2 Å². The lowest BCUT2D eigenvalue weighted by atomic mass is 10.0. The van der Waals surface area contributed by atoms with Crippen LogP contribution in [0.25, 0.3) is 0 Å². The van der Waals surface area contributed by atoms with Gasteiger partial charge in [-0.25, -0.2) is 0 Å². The van der Waals surface area contributed by atoms with Crippen LogP contribution in [0.5, 0.6) is 0 Å². The Morgan fingerprint density at radius 2 is 1.83 bits per heavy atom. The second-order valence-corrected chi connectivity index (χ2v) is 9.14. The highest BCUT2D eigenvalue weighted by Crippen LogP contribution is 2.34. The third-order valence-corrected chi connectivity index (χ3v) is 5.90. The molecule has 0 heterocycles. The zero-order valence-electron chi connectivity index (χ0n) is 15.8. The van der Waals surface area contributed by atoms with Gasteiger partial charge in [0, 0.05) is 21.7 Å². The van der Waals surface area contributed by atoms with Gasteiger partial charge in [0.05, 0.1) is 16.3 Å². The van der Waals surface area contributed by atoms with E-state index < -0.39 is 17.8 Å². The van der Waals surface area contributed by atoms with Crippen LogP contribution >= 0.6 is 39.3 Å². The molecule has 0 aromatic heterocycles. The first-order chi connectivity index (χ1) is 13.6. The Hall–Kier alpha value is -1.38. The van der Waals surface area contributed by atoms with E-state index in [2.05, 4.69) is 26.6 Å². The quantitative estimate of drug-likeness (QED) is 0.317. The highest BCUT2D eigenvalue weighted by molar-refractivity contribution is 9.10. The molecule has 0 saturated heterocycles. The van der Waals surface area contributed by atoms with Crippen molar-refractivity contribution in [3.05, 3.63) is 57.5 Å². The molecular formula is C20H21BrClF3N2OS. The summed E-state index contributed by atoms with van der Waals surface area (Å²) in [4.78, 5) is 13.7. The summed E-state index contributed by atoms with van der Waals surface area (Å²) in [5.74, 6) is 0.374. The fourth-order valence-corrected chi connectivity index (χ4v) is 3.76. The molecule has 0 aliphatic carbocycles. The molecule has 0 spiro atoms. The largest absolute Gasteiger partial charge is 0.416 e. The standard InChI is InChI=1S/C20H21BrClF3N2OS/c1-12(2)18(27-17-8-3-13(11-16(17)22)20(23,24)25)19(28)26-9-10-29-15-6-4-14(21)5-7-15/h3-8,11-12,18,27H,9-10H2,1-2H3,(H,26,28). The molecule has 0 aliphatic heterocycles. The zero-order chi connectivity index (χ0) is 21.6. The van der Waals surface area contributed by atoms with Crippen molar-refractivity contribution in [1.29, 1.82) is 0 Å². The van der Waals surface area contributed by atoms with Crippen LogP contribution in [0.3, 0.4) is 0 Å². The van der Waals surface area contributed by atoms with Crippen LogP contribution in [0.15, 0.2) is 51.8 Å². The number of thioether (sulfide) groups is 1. The Kier molecular flexibility index (Phi) is 8.73. The fraction of sp³-hybridized carbons (Fsp3) is 0.350. The van der Waals surface area contributed by atoms with Crippen molar-refractivity contribution >= 4 is 50.9 Å². The van der Waals surface area contributed by atoms with Gasteiger partial charge in [-0.15, -0.1) is 11.8 Å². The molecule has 2 aromatic carbocycles. The molecule has 0 aliphatic rings. The number of amides is 1. The number of alkyl halides is 3. The third kappa shape index (κ3) is 7.42. The maximum atomic E-state index is 12.8. The monoisotopic (exact) mass is 508 g/mol. The van der Waals surface area contributed by atoms with Gasteiger partial charge in [0.25, 0.3) is 0 Å². The van der Waals surface area contributed by atoms with E-state index in [0.717, 1.165) is 21.5 Å². The van der Waals surface area contributed by atoms with E-state index in [4.69, 9.17) is 11.6 Å². The van der Waals surface area contributed by atoms with Crippen LogP contribution in [0.4, 0.5) is 18.9 Å². The van der Waals surface area contributed by atoms with Crippen LogP contribution < -0.4 is 10.6 Å². The molecule has 0 radical (unpaired) electrons. The van der Waals surface area contributed by atoms with E-state index in [1.54, 1.807) is 11.8 Å². The smallest absolute Gasteiger partial charge is 0.372 e. The predicted octanol–water partition coefficient (Wildman–Crippen LogP) is 6.47. The van der Waals surface area contributed by atoms with Crippen molar-refractivity contribution in [2.75, 3.05) is 17.6 Å². The number of anilines is 1. The van der Waals surface area contributed by atoms with Crippen molar-refractivity contribution in [3.63, 3.8) is 0 Å². The number of nitrogens with one attached hydrogen (secondary N) is 2. The summed E-state index contributed by atoms with van der Waals surface area (Å²) in [6.45, 7) is 4.17. The summed E-state index contributed by atoms with van der Waals surface area (Å²) in [5.41, 5.74) is -0.540. The number of halogens is 5. The van der Waals surface area contributed by atoms with Crippen molar-refractivity contribution < 1.29 is 18.0 Å². The van der Waals surface area contributed by atoms with Crippen LogP contribution in [0.2, 0.25) is 5.02 Å². The van der Waals surface area contributed by atoms with Gasteiger partial charge in [0.2, 0.25) is 5.91 Å². The van der Waals surface area contributed by atoms with E-state index in [0.29, 0.717) is 12.3 Å². The van der Waals surface area contributed by atoms with Crippen molar-refractivity contribution in [2.45, 2.75) is 31.0 Å². The van der Waals surface area contributed by atoms with E-state index >= 15 is 0 Å². The Bertz CT molecular complexity index is 831. The van der Waals surface area contributed by atoms with Gasteiger partial charge in [-0.05, 0) is 48.4 Å². The summed E-state index contributed by atoms with van der Waals surface area (Å²) >= 11 is 11.0. The highest BCUT2D eigenvalue weighted by atomic mass is 79.9. The second-order valence-electron chi connectivity index (χ2n) is 6.65. The average Bonchev–Trinajstić information content (AvgIpc) is 2.64. The molecule has 2 aromatic rings. The Morgan fingerprint density at radius 3 is 2.38 bits per heavy atom. The van der Waals surface area contributed by atoms with E-state index in [9.17, 15) is 18.0 Å². The summed E-state index contributed by atoms with van der Waals surface area (Å²) in [7, 11) is 0. The maximum absolute atomic E-state index is 12.8. The first-order valence-corrected chi connectivity index (χ1v) is 11.0. The van der Waals surface area contributed by atoms with E-state index in [-0.39, 0.29) is 22.5 Å². The molecule has 3 nitrogen and oxygen atoms in total. The van der Waals surface area contributed by atoms with Gasteiger partial charge >= 0.3 is 6.18 Å². The third-order valence-electron chi connectivity index (χ3n) is 4.04. The van der Waals surface area contributed by atoms with Gasteiger partial charge in [0.1, 0.15) is 6.04 Å². The molecule has 0 bridgehead atoms. The molecule has 2 N–H and O–H groups in total. The Morgan fingerprint density at radius 1 is 1.17 bits per heavy atom. The fourth-order valence-electron chi connectivity index (χ4n) is 2.49. The maximum Gasteiger partial charge on any atom is 0.416 e. The van der Waals surface area contributed by atoms with Crippen molar-refractivity contribution in [3.8, 4) is 0 Å². The number of rotatable bonds is 8. The minimum Gasteiger partial charge on any atom is -0.372 e. The normalized spacial score (nSPS) is 12.7. The average molecular weight is 510 g/mol. The van der Waals surface area contributed by atoms with Gasteiger partial charge in [0.15, 0.2) is 0 Å². The topological polar surface area (TPSA) is 41.1 Å². The molecule has 1 atom stereocenters. The predicted molar refractivity (Wildman–Crippen MR) is 117 cm³/mol. The van der Waals surface area contributed by atoms with Gasteiger partial charge in [-0.1, -0.05) is 41.4 Å². The lowest BCUT2D eigenvalue weighted by molar-refractivity contribution is -0.137. The van der Waals surface area contributed by atoms with Crippen LogP contribution in [0.1, 0.15) is 19.4 Å². The summed E-state index contributed by atoms with van der Waals surface area (Å²) in [6.07, 6.45) is -4.47. The van der Waals surface area contributed by atoms with Gasteiger partial charge in [-0.2, -0.15) is 13.2 Å². The molecule has 9 heteroatoms. The van der Waals surface area contributed by atoms with Crippen LogP contribution in [0, 0.1) is 5.92 Å². The zero-order valence-corrected chi connectivity index (χ0v) is 19.0. The number of hydrogen-bond acceptors (Lipinski definition) is 3. The molecule has 0 fully saturated rings. The van der Waals surface area contributed by atoms with Gasteiger partial charge in [-0.3, -0.25) is 4.79 Å². The molecule has 1 unspecified atom stereocenters. The first kappa shape index (κ1) is 23.9. The summed E-state index contributed by atoms with van der Waals surface area (Å²) in [6, 6.07) is 10.3. The molecular weight excluding hydrogens is 489 g/mol. The van der Waals surface area contributed by atoms with E-state index in [1.807, 2.05) is 38.1 Å². The highest BCUT2D eigenvalue weighted by Gasteiger charge is 2.31. The number of hydrogen-bond donors (Lipinski definition) is 2. The molecule has 29 heavy (non-hydrogen) atoms. The number of carbonyl (C=O) groups excluding carboxylic acids is 1. The molecule has 1 amide bonds. The lowest BCUT2D eigenvalue weighted by Gasteiger charge is -2.23. The Balaban J connectivity index is 1.93. The molecule has 0 saturated carbocycles. The van der Waals surface area contributed by atoms with Gasteiger partial charge < -0.3 is 10.6 Å². The minimum atomic E-state index is -4.47. The molecule has 158 valence electrons. The summed E-state index contributed by atoms with van der Waals surface area (Å²) < 4.78 is 39.4. The van der Waals surface area contributed by atoms with Crippen molar-refractivity contribution in [2.24, 2.45) is 5.92 Å². The minimum absolute atomic E-state index is 0.0796. The Labute approximate surface area is 185 Å². The number of carbonyl (C=O) groups is 1. The second kappa shape index (κ2) is 10.6.